The van der Waals surface area contributed by atoms with Crippen LogP contribution in [0.4, 0.5) is 0 Å². The normalized spacial score (nSPS) is 11.9. The highest BCUT2D eigenvalue weighted by Gasteiger charge is 2.17. The summed E-state index contributed by atoms with van der Waals surface area (Å²) in [7, 11) is 1.65. The minimum atomic E-state index is -0.380. The van der Waals surface area contributed by atoms with Gasteiger partial charge in [-0.05, 0) is 41.3 Å². The van der Waals surface area contributed by atoms with Gasteiger partial charge in [-0.3, -0.25) is 10.0 Å². The van der Waals surface area contributed by atoms with Gasteiger partial charge in [0.1, 0.15) is 5.75 Å². The summed E-state index contributed by atoms with van der Waals surface area (Å²) in [6, 6.07) is 26.1. The Labute approximate surface area is 181 Å². The van der Waals surface area contributed by atoms with Gasteiger partial charge in [0.2, 0.25) is 5.91 Å². The smallest absolute Gasteiger partial charge is 0.244 e. The molecule has 0 saturated heterocycles. The van der Waals surface area contributed by atoms with Crippen LogP contribution in [-0.4, -0.2) is 23.5 Å². The van der Waals surface area contributed by atoms with Crippen LogP contribution in [0.3, 0.4) is 0 Å². The van der Waals surface area contributed by atoms with E-state index in [1.165, 1.54) is 0 Å². The van der Waals surface area contributed by atoms with Crippen LogP contribution in [-0.2, 0) is 11.2 Å². The summed E-state index contributed by atoms with van der Waals surface area (Å²) in [6.07, 6.45) is 5.10. The molecule has 0 bridgehead atoms. The number of hydrogen-bond acceptors (Lipinski definition) is 4. The number of rotatable bonds is 9. The summed E-state index contributed by atoms with van der Waals surface area (Å²) in [5.74, 6) is 0.448. The Morgan fingerprint density at radius 1 is 1.00 bits per heavy atom. The van der Waals surface area contributed by atoms with Gasteiger partial charge in [0.15, 0.2) is 0 Å². The molecule has 2 N–H and O–H groups in total. The zero-order chi connectivity index (χ0) is 21.2. The molecule has 0 radical (unpaired) electrons. The van der Waals surface area contributed by atoms with E-state index in [9.17, 15) is 4.79 Å². The molecule has 1 amide bonds. The van der Waals surface area contributed by atoms with Gasteiger partial charge in [-0.15, -0.1) is 11.8 Å². The number of carbonyl (C=O) groups is 1. The molecule has 3 aromatic rings. The molecule has 0 spiro atoms. The average molecular weight is 420 g/mol. The minimum Gasteiger partial charge on any atom is -0.497 e. The van der Waals surface area contributed by atoms with Crippen molar-refractivity contribution in [2.24, 2.45) is 0 Å². The van der Waals surface area contributed by atoms with Crippen molar-refractivity contribution in [3.05, 3.63) is 95.6 Å². The SMILES string of the molecule is COc1ccc(/C=C/c2ccccc2SC(CC(=O)NO)Cc2ccccc2)cc1. The molecule has 30 heavy (non-hydrogen) atoms. The van der Waals surface area contributed by atoms with Crippen LogP contribution in [0.1, 0.15) is 23.1 Å². The first-order chi connectivity index (χ1) is 14.7. The number of ether oxygens (including phenoxy) is 1. The van der Waals surface area contributed by atoms with Crippen molar-refractivity contribution in [2.45, 2.75) is 23.0 Å². The fourth-order valence-corrected chi connectivity index (χ4v) is 4.39. The molecule has 1 unspecified atom stereocenters. The van der Waals surface area contributed by atoms with Crippen LogP contribution in [0.25, 0.3) is 12.2 Å². The molecule has 0 fully saturated rings. The van der Waals surface area contributed by atoms with Gasteiger partial charge in [0.25, 0.3) is 0 Å². The van der Waals surface area contributed by atoms with Crippen molar-refractivity contribution in [1.29, 1.82) is 0 Å². The van der Waals surface area contributed by atoms with Crippen LogP contribution in [0.5, 0.6) is 5.75 Å². The maximum Gasteiger partial charge on any atom is 0.244 e. The largest absolute Gasteiger partial charge is 0.497 e. The first-order valence-electron chi connectivity index (χ1n) is 9.72. The third-order valence-electron chi connectivity index (χ3n) is 4.63. The molecular weight excluding hydrogens is 394 g/mol. The summed E-state index contributed by atoms with van der Waals surface area (Å²) < 4.78 is 5.21. The lowest BCUT2D eigenvalue weighted by Crippen LogP contribution is -2.24. The van der Waals surface area contributed by atoms with E-state index in [0.717, 1.165) is 33.8 Å². The van der Waals surface area contributed by atoms with Gasteiger partial charge < -0.3 is 4.74 Å². The van der Waals surface area contributed by atoms with Gasteiger partial charge in [-0.2, -0.15) is 0 Å². The first-order valence-corrected chi connectivity index (χ1v) is 10.6. The molecule has 0 aliphatic rings. The van der Waals surface area contributed by atoms with Gasteiger partial charge >= 0.3 is 0 Å². The monoisotopic (exact) mass is 419 g/mol. The zero-order valence-electron chi connectivity index (χ0n) is 16.8. The summed E-state index contributed by atoms with van der Waals surface area (Å²) in [5.41, 5.74) is 5.08. The van der Waals surface area contributed by atoms with Gasteiger partial charge in [0, 0.05) is 16.6 Å². The number of amides is 1. The van der Waals surface area contributed by atoms with E-state index in [-0.39, 0.29) is 17.6 Å². The quantitative estimate of drug-likeness (QED) is 0.209. The number of thioether (sulfide) groups is 1. The van der Waals surface area contributed by atoms with Gasteiger partial charge in [-0.1, -0.05) is 72.8 Å². The molecule has 3 rings (SSSR count). The van der Waals surface area contributed by atoms with E-state index >= 15 is 0 Å². The first kappa shape index (κ1) is 21.7. The van der Waals surface area contributed by atoms with Crippen LogP contribution in [0, 0.1) is 0 Å². The Bertz CT molecular complexity index is 971. The Morgan fingerprint density at radius 3 is 2.40 bits per heavy atom. The highest BCUT2D eigenvalue weighted by atomic mass is 32.2. The zero-order valence-corrected chi connectivity index (χ0v) is 17.6. The van der Waals surface area contributed by atoms with Crippen molar-refractivity contribution in [3.8, 4) is 5.75 Å². The number of benzene rings is 3. The fraction of sp³-hybridized carbons (Fsp3) is 0.160. The van der Waals surface area contributed by atoms with Gasteiger partial charge in [-0.25, -0.2) is 5.48 Å². The molecule has 0 saturated carbocycles. The van der Waals surface area contributed by atoms with E-state index in [1.807, 2.05) is 54.6 Å². The standard InChI is InChI=1S/C25H25NO3S/c1-29-22-15-12-19(13-16-22)11-14-21-9-5-6-10-24(21)30-23(18-25(27)26-28)17-20-7-3-2-4-8-20/h2-16,23,28H,17-18H2,1H3,(H,26,27)/b14-11+. The van der Waals surface area contributed by atoms with Crippen molar-refractivity contribution in [3.63, 3.8) is 0 Å². The van der Waals surface area contributed by atoms with Crippen molar-refractivity contribution in [1.82, 2.24) is 5.48 Å². The number of hydroxylamine groups is 1. The molecule has 154 valence electrons. The minimum absolute atomic E-state index is 0.00455. The van der Waals surface area contributed by atoms with Crippen LogP contribution < -0.4 is 10.2 Å². The molecule has 3 aromatic carbocycles. The highest BCUT2D eigenvalue weighted by Crippen LogP contribution is 2.32. The number of methoxy groups -OCH3 is 1. The Hall–Kier alpha value is -3.02. The Morgan fingerprint density at radius 2 is 1.70 bits per heavy atom. The molecule has 0 aliphatic carbocycles. The predicted octanol–water partition coefficient (Wildman–Crippen LogP) is 5.46. The Balaban J connectivity index is 1.78. The Kier molecular flexibility index (Phi) is 8.12. The van der Waals surface area contributed by atoms with E-state index in [2.05, 4.69) is 36.4 Å². The maximum atomic E-state index is 11.9. The molecule has 5 heteroatoms. The topological polar surface area (TPSA) is 58.6 Å². The van der Waals surface area contributed by atoms with E-state index < -0.39 is 0 Å². The van der Waals surface area contributed by atoms with Crippen LogP contribution in [0.2, 0.25) is 0 Å². The summed E-state index contributed by atoms with van der Waals surface area (Å²) in [4.78, 5) is 12.9. The van der Waals surface area contributed by atoms with E-state index in [4.69, 9.17) is 9.94 Å². The predicted molar refractivity (Wildman–Crippen MR) is 123 cm³/mol. The fourth-order valence-electron chi connectivity index (χ4n) is 3.09. The molecule has 0 aliphatic heterocycles. The molecule has 0 heterocycles. The summed E-state index contributed by atoms with van der Waals surface area (Å²) >= 11 is 1.65. The number of hydrogen-bond donors (Lipinski definition) is 2. The average Bonchev–Trinajstić information content (AvgIpc) is 2.79. The molecule has 0 aromatic heterocycles. The second kappa shape index (κ2) is 11.2. The van der Waals surface area contributed by atoms with Gasteiger partial charge in [0.05, 0.1) is 7.11 Å². The lowest BCUT2D eigenvalue weighted by atomic mass is 10.1. The lowest BCUT2D eigenvalue weighted by molar-refractivity contribution is -0.129. The molecular formula is C25H25NO3S. The van der Waals surface area contributed by atoms with Crippen molar-refractivity contribution < 1.29 is 14.7 Å². The van der Waals surface area contributed by atoms with E-state index in [1.54, 1.807) is 24.4 Å². The second-order valence-electron chi connectivity index (χ2n) is 6.81. The van der Waals surface area contributed by atoms with Crippen LogP contribution >= 0.6 is 11.8 Å². The van der Waals surface area contributed by atoms with Crippen molar-refractivity contribution >= 4 is 29.8 Å². The third-order valence-corrected chi connectivity index (χ3v) is 5.92. The maximum absolute atomic E-state index is 11.9. The van der Waals surface area contributed by atoms with Crippen LogP contribution in [0.15, 0.2) is 83.8 Å². The lowest BCUT2D eigenvalue weighted by Gasteiger charge is -2.17. The van der Waals surface area contributed by atoms with E-state index in [0.29, 0.717) is 0 Å². The highest BCUT2D eigenvalue weighted by molar-refractivity contribution is 8.00. The molecule has 1 atom stereocenters. The second-order valence-corrected chi connectivity index (χ2v) is 8.16. The summed E-state index contributed by atoms with van der Waals surface area (Å²) in [6.45, 7) is 0. The number of carbonyl (C=O) groups excluding carboxylic acids is 1. The number of nitrogens with one attached hydrogen (secondary N) is 1. The summed E-state index contributed by atoms with van der Waals surface area (Å²) in [5, 5.41) is 8.98. The van der Waals surface area contributed by atoms with Crippen molar-refractivity contribution in [2.75, 3.05) is 7.11 Å². The molecule has 4 nitrogen and oxygen atoms in total. The third kappa shape index (κ3) is 6.51.